The summed E-state index contributed by atoms with van der Waals surface area (Å²) >= 11 is 0. The predicted molar refractivity (Wildman–Crippen MR) is 85.2 cm³/mol. The summed E-state index contributed by atoms with van der Waals surface area (Å²) in [4.78, 5) is 29.9. The van der Waals surface area contributed by atoms with E-state index >= 15 is 0 Å². The maximum Gasteiger partial charge on any atom is 0.308 e. The first-order chi connectivity index (χ1) is 11.1. The Bertz CT molecular complexity index is 713. The van der Waals surface area contributed by atoms with E-state index in [4.69, 9.17) is 0 Å². The van der Waals surface area contributed by atoms with Crippen LogP contribution in [0.2, 0.25) is 0 Å². The van der Waals surface area contributed by atoms with Gasteiger partial charge in [0.1, 0.15) is 0 Å². The number of amides is 1. The molecule has 1 aromatic heterocycles. The summed E-state index contributed by atoms with van der Waals surface area (Å²) in [6.45, 7) is 2.49. The molecule has 118 valence electrons. The molecule has 1 aliphatic rings. The van der Waals surface area contributed by atoms with Crippen molar-refractivity contribution in [3.05, 3.63) is 65.5 Å². The van der Waals surface area contributed by atoms with Gasteiger partial charge in [-0.1, -0.05) is 30.3 Å². The Hall–Kier alpha value is -2.69. The van der Waals surface area contributed by atoms with Crippen LogP contribution in [0.3, 0.4) is 0 Å². The molecule has 0 saturated carbocycles. The summed E-state index contributed by atoms with van der Waals surface area (Å²) in [5.41, 5.74) is 2.29. The lowest BCUT2D eigenvalue weighted by Gasteiger charge is -2.16. The van der Waals surface area contributed by atoms with Crippen molar-refractivity contribution in [2.75, 3.05) is 13.1 Å². The van der Waals surface area contributed by atoms with E-state index in [1.54, 1.807) is 23.2 Å². The third kappa shape index (κ3) is 3.08. The molecule has 0 aliphatic carbocycles. The standard InChI is InChI=1S/C18H18N2O3/c1-12-7-8-14(9-19-12)17(21)20-10-15(16(11-20)18(22)23)13-5-3-2-4-6-13/h2-9,15-16H,10-11H2,1H3,(H,22,23)/t15-,16-/m0/s1. The van der Waals surface area contributed by atoms with Gasteiger partial charge < -0.3 is 10.0 Å². The Kier molecular flexibility index (Phi) is 4.10. The summed E-state index contributed by atoms with van der Waals surface area (Å²) in [7, 11) is 0. The fourth-order valence-corrected chi connectivity index (χ4v) is 3.03. The fourth-order valence-electron chi connectivity index (χ4n) is 3.03. The lowest BCUT2D eigenvalue weighted by Crippen LogP contribution is -2.30. The van der Waals surface area contributed by atoms with Gasteiger partial charge in [0, 0.05) is 30.9 Å². The summed E-state index contributed by atoms with van der Waals surface area (Å²) in [5, 5.41) is 9.50. The molecule has 1 fully saturated rings. The van der Waals surface area contributed by atoms with E-state index in [0.29, 0.717) is 12.1 Å². The van der Waals surface area contributed by atoms with Crippen LogP contribution in [0.15, 0.2) is 48.7 Å². The predicted octanol–water partition coefficient (Wildman–Crippen LogP) is 2.33. The van der Waals surface area contributed by atoms with E-state index in [-0.39, 0.29) is 18.4 Å². The van der Waals surface area contributed by atoms with Crippen molar-refractivity contribution in [3.63, 3.8) is 0 Å². The molecule has 0 radical (unpaired) electrons. The van der Waals surface area contributed by atoms with Gasteiger partial charge in [-0.3, -0.25) is 14.6 Å². The molecule has 2 heterocycles. The molecule has 1 aliphatic heterocycles. The van der Waals surface area contributed by atoms with E-state index in [2.05, 4.69) is 4.98 Å². The van der Waals surface area contributed by atoms with E-state index in [9.17, 15) is 14.7 Å². The molecule has 0 bridgehead atoms. The number of rotatable bonds is 3. The summed E-state index contributed by atoms with van der Waals surface area (Å²) in [6.07, 6.45) is 1.54. The molecular formula is C18H18N2O3. The highest BCUT2D eigenvalue weighted by Gasteiger charge is 2.40. The molecule has 5 heteroatoms. The number of hydrogen-bond acceptors (Lipinski definition) is 3. The van der Waals surface area contributed by atoms with Crippen molar-refractivity contribution in [2.45, 2.75) is 12.8 Å². The molecule has 2 atom stereocenters. The second kappa shape index (κ2) is 6.20. The Labute approximate surface area is 134 Å². The highest BCUT2D eigenvalue weighted by atomic mass is 16.4. The number of benzene rings is 1. The van der Waals surface area contributed by atoms with Gasteiger partial charge in [-0.05, 0) is 24.6 Å². The van der Waals surface area contributed by atoms with Crippen LogP contribution in [-0.4, -0.2) is 40.0 Å². The number of carbonyl (C=O) groups excluding carboxylic acids is 1. The summed E-state index contributed by atoms with van der Waals surface area (Å²) < 4.78 is 0. The smallest absolute Gasteiger partial charge is 0.308 e. The van der Waals surface area contributed by atoms with E-state index in [1.807, 2.05) is 37.3 Å². The molecule has 0 unspecified atom stereocenters. The topological polar surface area (TPSA) is 70.5 Å². The summed E-state index contributed by atoms with van der Waals surface area (Å²) in [5.74, 6) is -1.80. The lowest BCUT2D eigenvalue weighted by atomic mass is 9.89. The highest BCUT2D eigenvalue weighted by Crippen LogP contribution is 2.33. The molecule has 23 heavy (non-hydrogen) atoms. The minimum Gasteiger partial charge on any atom is -0.481 e. The average Bonchev–Trinajstić information content (AvgIpc) is 3.01. The largest absolute Gasteiger partial charge is 0.481 e. The van der Waals surface area contributed by atoms with Crippen molar-refractivity contribution in [1.29, 1.82) is 0 Å². The van der Waals surface area contributed by atoms with Gasteiger partial charge in [-0.25, -0.2) is 0 Å². The molecule has 3 rings (SSSR count). The van der Waals surface area contributed by atoms with Gasteiger partial charge >= 0.3 is 5.97 Å². The molecule has 1 amide bonds. The van der Waals surface area contributed by atoms with Crippen LogP contribution in [0.1, 0.15) is 27.5 Å². The monoisotopic (exact) mass is 310 g/mol. The number of hydrogen-bond donors (Lipinski definition) is 1. The minimum absolute atomic E-state index is 0.165. The zero-order chi connectivity index (χ0) is 16.4. The number of likely N-dealkylation sites (tertiary alicyclic amines) is 1. The van der Waals surface area contributed by atoms with Crippen LogP contribution < -0.4 is 0 Å². The number of nitrogens with zero attached hydrogens (tertiary/aromatic N) is 2. The number of aryl methyl sites for hydroxylation is 1. The van der Waals surface area contributed by atoms with Crippen LogP contribution >= 0.6 is 0 Å². The molecular weight excluding hydrogens is 292 g/mol. The number of carboxylic acids is 1. The summed E-state index contributed by atoms with van der Waals surface area (Å²) in [6, 6.07) is 13.0. The zero-order valence-corrected chi connectivity index (χ0v) is 12.8. The maximum atomic E-state index is 12.6. The average molecular weight is 310 g/mol. The Morgan fingerprint density at radius 2 is 1.87 bits per heavy atom. The van der Waals surface area contributed by atoms with Crippen LogP contribution in [0.5, 0.6) is 0 Å². The van der Waals surface area contributed by atoms with Gasteiger partial charge in [-0.15, -0.1) is 0 Å². The van der Waals surface area contributed by atoms with Gasteiger partial charge in [0.05, 0.1) is 11.5 Å². The number of aliphatic carboxylic acids is 1. The van der Waals surface area contributed by atoms with Crippen molar-refractivity contribution in [2.24, 2.45) is 5.92 Å². The van der Waals surface area contributed by atoms with Crippen molar-refractivity contribution in [3.8, 4) is 0 Å². The van der Waals surface area contributed by atoms with Crippen LogP contribution in [0.4, 0.5) is 0 Å². The maximum absolute atomic E-state index is 12.6. The van der Waals surface area contributed by atoms with Gasteiger partial charge in [0.25, 0.3) is 5.91 Å². The first kappa shape index (κ1) is 15.2. The molecule has 0 spiro atoms. The Morgan fingerprint density at radius 3 is 2.48 bits per heavy atom. The first-order valence-corrected chi connectivity index (χ1v) is 7.56. The molecule has 1 aromatic carbocycles. The number of aromatic nitrogens is 1. The van der Waals surface area contributed by atoms with Crippen molar-refractivity contribution < 1.29 is 14.7 Å². The Balaban J connectivity index is 1.84. The minimum atomic E-state index is -0.865. The van der Waals surface area contributed by atoms with Crippen LogP contribution in [-0.2, 0) is 4.79 Å². The third-order valence-corrected chi connectivity index (χ3v) is 4.31. The third-order valence-electron chi connectivity index (χ3n) is 4.31. The zero-order valence-electron chi connectivity index (χ0n) is 12.8. The highest BCUT2D eigenvalue weighted by molar-refractivity contribution is 5.94. The van der Waals surface area contributed by atoms with E-state index in [0.717, 1.165) is 11.3 Å². The van der Waals surface area contributed by atoms with Crippen LogP contribution in [0, 0.1) is 12.8 Å². The molecule has 1 N–H and O–H groups in total. The fraction of sp³-hybridized carbons (Fsp3) is 0.278. The Morgan fingerprint density at radius 1 is 1.13 bits per heavy atom. The lowest BCUT2D eigenvalue weighted by molar-refractivity contribution is -0.141. The number of carboxylic acid groups (broad SMARTS) is 1. The second-order valence-corrected chi connectivity index (χ2v) is 5.86. The van der Waals surface area contributed by atoms with E-state index < -0.39 is 11.9 Å². The molecule has 1 saturated heterocycles. The SMILES string of the molecule is Cc1ccc(C(=O)N2C[C@H](C(=O)O)[C@H](c3ccccc3)C2)cn1. The quantitative estimate of drug-likeness (QED) is 0.944. The van der Waals surface area contributed by atoms with Crippen LogP contribution in [0.25, 0.3) is 0 Å². The second-order valence-electron chi connectivity index (χ2n) is 5.86. The van der Waals surface area contributed by atoms with Gasteiger partial charge in [-0.2, -0.15) is 0 Å². The van der Waals surface area contributed by atoms with E-state index in [1.165, 1.54) is 0 Å². The van der Waals surface area contributed by atoms with Crippen molar-refractivity contribution >= 4 is 11.9 Å². The number of carbonyl (C=O) groups is 2. The molecule has 2 aromatic rings. The van der Waals surface area contributed by atoms with Gasteiger partial charge in [0.15, 0.2) is 0 Å². The molecule has 5 nitrogen and oxygen atoms in total. The normalized spacial score (nSPS) is 20.5. The first-order valence-electron chi connectivity index (χ1n) is 7.56. The number of pyridine rings is 1. The van der Waals surface area contributed by atoms with Crippen molar-refractivity contribution in [1.82, 2.24) is 9.88 Å². The van der Waals surface area contributed by atoms with Gasteiger partial charge in [0.2, 0.25) is 0 Å².